The van der Waals surface area contributed by atoms with Crippen LogP contribution in [0.5, 0.6) is 0 Å². The fraction of sp³-hybridized carbons (Fsp3) is 0.561. The summed E-state index contributed by atoms with van der Waals surface area (Å²) < 4.78 is 86.2. The van der Waals surface area contributed by atoms with E-state index in [1.165, 1.54) is 20.6 Å². The van der Waals surface area contributed by atoms with E-state index >= 15 is 0 Å². The number of aryl methyl sites for hydroxylation is 1. The van der Waals surface area contributed by atoms with Gasteiger partial charge in [-0.15, -0.1) is 0 Å². The van der Waals surface area contributed by atoms with Gasteiger partial charge in [0.25, 0.3) is 5.91 Å². The lowest BCUT2D eigenvalue weighted by Crippen LogP contribution is -2.60. The number of alkyl halides is 6. The zero-order chi connectivity index (χ0) is 44.9. The Labute approximate surface area is 358 Å². The van der Waals surface area contributed by atoms with Crippen LogP contribution in [-0.2, 0) is 34.0 Å². The minimum Gasteiger partial charge on any atom is -0.331 e. The van der Waals surface area contributed by atoms with Crippen molar-refractivity contribution in [2.45, 2.75) is 95.2 Å². The Morgan fingerprint density at radius 2 is 1.77 bits per heavy atom. The van der Waals surface area contributed by atoms with Crippen LogP contribution in [0.4, 0.5) is 42.6 Å². The Morgan fingerprint density at radius 1 is 1.05 bits per heavy atom. The van der Waals surface area contributed by atoms with Gasteiger partial charge in [0, 0.05) is 57.5 Å². The van der Waals surface area contributed by atoms with Crippen LogP contribution in [0.3, 0.4) is 0 Å². The molecule has 0 radical (unpaired) electrons. The molecule has 4 amide bonds. The van der Waals surface area contributed by atoms with E-state index < -0.39 is 65.4 Å². The largest absolute Gasteiger partial charge is 0.419 e. The fourth-order valence-electron chi connectivity index (χ4n) is 9.41. The fourth-order valence-corrected chi connectivity index (χ4v) is 9.98. The highest BCUT2D eigenvalue weighted by Gasteiger charge is 2.53. The standard InChI is InChI=1S/C41H46F6N10O4S/c1-39(2)36(60)56(27-19-30(40(42,43)44)31(20-48)49-21-27)38(62)57(39)26-11-9-24(10-12-26)6-5-14-53-16-17-54(32(23-53)41(45,46)47)22-28(58)18-25-7-4-8-29-34(25)52(3)51-35(29)55-15-13-33(59)50-37(55)61/h4,7-8,19,21,24,26,32H,5-6,9-18,22-23H2,1-3H3,(H,50,59,61)/t24?,26?,32-/m1/s1. The van der Waals surface area contributed by atoms with Crippen molar-refractivity contribution in [1.82, 2.24) is 34.8 Å². The Hall–Kier alpha value is -5.20. The number of fused-ring (bicyclic) bond motifs is 1. The van der Waals surface area contributed by atoms with Gasteiger partial charge in [-0.25, -0.2) is 9.78 Å². The van der Waals surface area contributed by atoms with E-state index in [2.05, 4.69) is 15.4 Å². The number of hydrogen-bond acceptors (Lipinski definition) is 10. The van der Waals surface area contributed by atoms with Crippen molar-refractivity contribution < 1.29 is 45.5 Å². The Morgan fingerprint density at radius 3 is 2.44 bits per heavy atom. The van der Waals surface area contributed by atoms with Gasteiger partial charge in [-0.3, -0.25) is 39.1 Å². The molecule has 14 nitrogen and oxygen atoms in total. The number of aromatic nitrogens is 3. The average molecular weight is 889 g/mol. The van der Waals surface area contributed by atoms with Gasteiger partial charge in [-0.05, 0) is 94.7 Å². The van der Waals surface area contributed by atoms with Crippen LogP contribution < -0.4 is 15.1 Å². The van der Waals surface area contributed by atoms with Crippen LogP contribution in [0, 0.1) is 17.2 Å². The maximum absolute atomic E-state index is 14.5. The number of carbonyl (C=O) groups is 4. The summed E-state index contributed by atoms with van der Waals surface area (Å²) >= 11 is 5.69. The van der Waals surface area contributed by atoms with Crippen molar-refractivity contribution in [3.05, 3.63) is 47.3 Å². The molecule has 2 aromatic heterocycles. The van der Waals surface area contributed by atoms with Gasteiger partial charge >= 0.3 is 18.4 Å². The van der Waals surface area contributed by atoms with Gasteiger partial charge < -0.3 is 9.80 Å². The number of piperazine rings is 1. The summed E-state index contributed by atoms with van der Waals surface area (Å²) in [6.07, 6.45) is -4.13. The molecule has 1 aromatic carbocycles. The molecule has 21 heteroatoms. The first kappa shape index (κ1) is 44.8. The van der Waals surface area contributed by atoms with Crippen LogP contribution in [-0.4, -0.2) is 121 Å². The Bertz CT molecular complexity index is 2320. The third-order valence-electron chi connectivity index (χ3n) is 12.5. The Kier molecular flexibility index (Phi) is 12.4. The SMILES string of the molecule is Cn1nc(N2CCC(=O)NC2=O)c2cccc(CC(=O)CN3CCN(CCCC4CCC(N5C(=S)N(c6cnc(C#N)c(C(F)(F)F)c6)C(=O)C5(C)C)CC4)C[C@@H]3C(F)(F)F)c21. The number of imide groups is 1. The number of benzene rings is 1. The molecule has 0 spiro atoms. The zero-order valence-corrected chi connectivity index (χ0v) is 35.2. The second-order valence-corrected chi connectivity index (χ2v) is 17.3. The number of halogens is 6. The molecule has 1 aliphatic carbocycles. The van der Waals surface area contributed by atoms with Crippen molar-refractivity contribution in [1.29, 1.82) is 5.26 Å². The van der Waals surface area contributed by atoms with Crippen LogP contribution in [0.25, 0.3) is 10.9 Å². The van der Waals surface area contributed by atoms with Gasteiger partial charge in [-0.2, -0.15) is 36.7 Å². The van der Waals surface area contributed by atoms with Gasteiger partial charge in [0.05, 0.1) is 29.5 Å². The molecule has 4 aliphatic rings. The van der Waals surface area contributed by atoms with E-state index in [4.69, 9.17) is 17.5 Å². The average Bonchev–Trinajstić information content (AvgIpc) is 3.63. The lowest BCUT2D eigenvalue weighted by Gasteiger charge is -2.42. The van der Waals surface area contributed by atoms with Crippen LogP contribution in [0.15, 0.2) is 30.5 Å². The molecule has 0 bridgehead atoms. The highest BCUT2D eigenvalue weighted by molar-refractivity contribution is 7.80. The van der Waals surface area contributed by atoms with Gasteiger partial charge in [0.2, 0.25) is 5.91 Å². The lowest BCUT2D eigenvalue weighted by molar-refractivity contribution is -0.197. The second kappa shape index (κ2) is 17.2. The molecule has 332 valence electrons. The van der Waals surface area contributed by atoms with Gasteiger partial charge in [0.15, 0.2) is 22.4 Å². The van der Waals surface area contributed by atoms with Crippen molar-refractivity contribution in [3.8, 4) is 6.07 Å². The number of thiocarbonyl (C=S) groups is 1. The van der Waals surface area contributed by atoms with Gasteiger partial charge in [-0.1, -0.05) is 12.1 Å². The summed E-state index contributed by atoms with van der Waals surface area (Å²) in [6, 6.07) is 4.71. The molecular formula is C41H46F6N10O4S. The maximum atomic E-state index is 14.5. The lowest BCUT2D eigenvalue weighted by atomic mass is 9.82. The van der Waals surface area contributed by atoms with Crippen molar-refractivity contribution in [3.63, 3.8) is 0 Å². The molecule has 5 heterocycles. The molecule has 1 atom stereocenters. The number of carbonyl (C=O) groups excluding carboxylic acids is 4. The number of hydrogen-bond donors (Lipinski definition) is 1. The summed E-state index contributed by atoms with van der Waals surface area (Å²) in [6.45, 7) is 3.68. The maximum Gasteiger partial charge on any atom is 0.419 e. The number of pyridine rings is 1. The van der Waals surface area contributed by atoms with Crippen LogP contribution in [0.2, 0.25) is 0 Å². The highest BCUT2D eigenvalue weighted by atomic mass is 32.1. The molecule has 3 aromatic rings. The molecule has 62 heavy (non-hydrogen) atoms. The van der Waals surface area contributed by atoms with E-state index in [-0.39, 0.29) is 55.2 Å². The third kappa shape index (κ3) is 8.86. The van der Waals surface area contributed by atoms with Crippen molar-refractivity contribution >= 4 is 63.4 Å². The number of nitriles is 1. The molecule has 7 rings (SSSR count). The number of para-hydroxylation sites is 1. The van der Waals surface area contributed by atoms with E-state index in [1.54, 1.807) is 48.9 Å². The second-order valence-electron chi connectivity index (χ2n) is 16.9. The first-order chi connectivity index (χ1) is 29.2. The number of nitrogens with one attached hydrogen (secondary N) is 1. The smallest absolute Gasteiger partial charge is 0.331 e. The number of rotatable bonds is 11. The van der Waals surface area contributed by atoms with Crippen LogP contribution in [0.1, 0.15) is 75.6 Å². The number of ketones is 1. The molecular weight excluding hydrogens is 843 g/mol. The first-order valence-electron chi connectivity index (χ1n) is 20.4. The summed E-state index contributed by atoms with van der Waals surface area (Å²) in [5, 5.41) is 16.5. The van der Waals surface area contributed by atoms with Crippen molar-refractivity contribution in [2.75, 3.05) is 49.1 Å². The Balaban J connectivity index is 0.910. The minimum atomic E-state index is -4.87. The summed E-state index contributed by atoms with van der Waals surface area (Å²) in [5.41, 5.74) is -2.26. The van der Waals surface area contributed by atoms with E-state index in [9.17, 15) is 45.5 Å². The highest BCUT2D eigenvalue weighted by Crippen LogP contribution is 2.41. The first-order valence-corrected chi connectivity index (χ1v) is 20.9. The number of amides is 4. The number of Topliss-reactive ketones (excluding diaryl/α,β-unsaturated/α-hetero) is 1. The quantitative estimate of drug-likeness (QED) is 0.186. The molecule has 0 unspecified atom stereocenters. The number of nitrogens with zero attached hydrogens (tertiary/aromatic N) is 9. The topological polar surface area (TPSA) is 151 Å². The molecule has 1 N–H and O–H groups in total. The zero-order valence-electron chi connectivity index (χ0n) is 34.4. The normalized spacial score (nSPS) is 23.0. The van der Waals surface area contributed by atoms with Gasteiger partial charge in [0.1, 0.15) is 17.6 Å². The monoisotopic (exact) mass is 888 g/mol. The van der Waals surface area contributed by atoms with Crippen LogP contribution >= 0.6 is 12.2 Å². The third-order valence-corrected chi connectivity index (χ3v) is 12.9. The molecule has 1 saturated carbocycles. The number of anilines is 2. The summed E-state index contributed by atoms with van der Waals surface area (Å²) in [5.74, 6) is -0.687. The molecule has 3 aliphatic heterocycles. The van der Waals surface area contributed by atoms with E-state index in [0.29, 0.717) is 54.6 Å². The van der Waals surface area contributed by atoms with E-state index in [1.807, 2.05) is 0 Å². The van der Waals surface area contributed by atoms with E-state index in [0.717, 1.165) is 36.4 Å². The predicted octanol–water partition coefficient (Wildman–Crippen LogP) is 5.72. The summed E-state index contributed by atoms with van der Waals surface area (Å²) in [4.78, 5) is 62.1. The number of urea groups is 1. The summed E-state index contributed by atoms with van der Waals surface area (Å²) in [7, 11) is 1.65. The van der Waals surface area contributed by atoms with Crippen molar-refractivity contribution in [2.24, 2.45) is 13.0 Å². The molecule has 3 saturated heterocycles. The molecule has 4 fully saturated rings. The predicted molar refractivity (Wildman–Crippen MR) is 218 cm³/mol. The minimum absolute atomic E-state index is 0.0567.